The lowest BCUT2D eigenvalue weighted by Crippen LogP contribution is -2.48. The first-order chi connectivity index (χ1) is 9.51. The second kappa shape index (κ2) is 5.92. The quantitative estimate of drug-likeness (QED) is 0.366. The van der Waals surface area contributed by atoms with E-state index < -0.39 is 0 Å². The number of rotatable bonds is 2. The molecule has 1 aliphatic rings. The third kappa shape index (κ3) is 3.08. The maximum atomic E-state index is 12.5. The first-order valence-corrected chi connectivity index (χ1v) is 6.54. The van der Waals surface area contributed by atoms with Crippen LogP contribution in [-0.2, 0) is 4.74 Å². The Kier molecular flexibility index (Phi) is 4.24. The van der Waals surface area contributed by atoms with Gasteiger partial charge in [-0.25, -0.2) is 0 Å². The van der Waals surface area contributed by atoms with Crippen molar-refractivity contribution in [1.29, 1.82) is 0 Å². The summed E-state index contributed by atoms with van der Waals surface area (Å²) in [7, 11) is 0. The molecule has 2 unspecified atom stereocenters. The summed E-state index contributed by atoms with van der Waals surface area (Å²) in [5.74, 6) is -0.0806. The number of benzene rings is 1. The van der Waals surface area contributed by atoms with Gasteiger partial charge in [0.15, 0.2) is 5.84 Å². The van der Waals surface area contributed by atoms with Crippen molar-refractivity contribution >= 4 is 11.7 Å². The van der Waals surface area contributed by atoms with Crippen molar-refractivity contribution in [2.45, 2.75) is 26.1 Å². The summed E-state index contributed by atoms with van der Waals surface area (Å²) >= 11 is 0. The van der Waals surface area contributed by atoms with Crippen molar-refractivity contribution in [1.82, 2.24) is 4.90 Å². The van der Waals surface area contributed by atoms with Crippen molar-refractivity contribution in [2.75, 3.05) is 13.1 Å². The molecule has 0 aromatic heterocycles. The lowest BCUT2D eigenvalue weighted by atomic mass is 10.1. The number of hydrogen-bond donors (Lipinski definition) is 2. The molecule has 2 atom stereocenters. The molecule has 1 heterocycles. The van der Waals surface area contributed by atoms with Gasteiger partial charge >= 0.3 is 0 Å². The van der Waals surface area contributed by atoms with Crippen LogP contribution >= 0.6 is 0 Å². The summed E-state index contributed by atoms with van der Waals surface area (Å²) in [5.41, 5.74) is 6.59. The summed E-state index contributed by atoms with van der Waals surface area (Å²) in [6, 6.07) is 6.76. The van der Waals surface area contributed by atoms with Gasteiger partial charge in [0.2, 0.25) is 0 Å². The molecule has 1 aliphatic heterocycles. The molecule has 0 radical (unpaired) electrons. The lowest BCUT2D eigenvalue weighted by Gasteiger charge is -2.35. The fraction of sp³-hybridized carbons (Fsp3) is 0.429. The molecule has 1 amide bonds. The van der Waals surface area contributed by atoms with E-state index in [2.05, 4.69) is 5.16 Å². The van der Waals surface area contributed by atoms with E-state index in [1.165, 1.54) is 0 Å². The number of oxime groups is 1. The van der Waals surface area contributed by atoms with Crippen LogP contribution < -0.4 is 5.73 Å². The Morgan fingerprint density at radius 3 is 2.55 bits per heavy atom. The Hall–Kier alpha value is -2.08. The first kappa shape index (κ1) is 14.3. The topological polar surface area (TPSA) is 88.2 Å². The van der Waals surface area contributed by atoms with Crippen LogP contribution in [0.3, 0.4) is 0 Å². The SMILES string of the molecule is CC1CN(C(=O)c2cccc(/C(N)=N/O)c2)CC(C)O1. The van der Waals surface area contributed by atoms with E-state index in [0.29, 0.717) is 24.2 Å². The molecule has 0 bridgehead atoms. The molecule has 0 spiro atoms. The molecule has 6 heteroatoms. The smallest absolute Gasteiger partial charge is 0.254 e. The molecule has 0 aliphatic carbocycles. The predicted octanol–water partition coefficient (Wildman–Crippen LogP) is 1.03. The minimum Gasteiger partial charge on any atom is -0.409 e. The number of morpholine rings is 1. The van der Waals surface area contributed by atoms with E-state index in [9.17, 15) is 4.79 Å². The van der Waals surface area contributed by atoms with E-state index in [0.717, 1.165) is 0 Å². The fourth-order valence-electron chi connectivity index (χ4n) is 2.40. The Balaban J connectivity index is 2.20. The summed E-state index contributed by atoms with van der Waals surface area (Å²) < 4.78 is 5.62. The van der Waals surface area contributed by atoms with Crippen LogP contribution in [0, 0.1) is 0 Å². The molecule has 0 saturated carbocycles. The van der Waals surface area contributed by atoms with Crippen LogP contribution in [0.4, 0.5) is 0 Å². The number of amides is 1. The zero-order chi connectivity index (χ0) is 14.7. The number of amidine groups is 1. The normalized spacial score (nSPS) is 23.7. The van der Waals surface area contributed by atoms with Gasteiger partial charge in [0.05, 0.1) is 12.2 Å². The van der Waals surface area contributed by atoms with Crippen LogP contribution in [-0.4, -0.2) is 47.1 Å². The van der Waals surface area contributed by atoms with Crippen molar-refractivity contribution in [2.24, 2.45) is 10.9 Å². The average Bonchev–Trinajstić information content (AvgIpc) is 2.44. The van der Waals surface area contributed by atoms with Gasteiger partial charge in [0, 0.05) is 24.2 Å². The second-order valence-electron chi connectivity index (χ2n) is 5.03. The first-order valence-electron chi connectivity index (χ1n) is 6.54. The van der Waals surface area contributed by atoms with Crippen LogP contribution in [0.1, 0.15) is 29.8 Å². The van der Waals surface area contributed by atoms with Crippen LogP contribution in [0.2, 0.25) is 0 Å². The highest BCUT2D eigenvalue weighted by molar-refractivity contribution is 6.01. The van der Waals surface area contributed by atoms with E-state index in [1.54, 1.807) is 29.2 Å². The van der Waals surface area contributed by atoms with Crippen molar-refractivity contribution in [3.63, 3.8) is 0 Å². The van der Waals surface area contributed by atoms with Gasteiger partial charge in [-0.3, -0.25) is 4.79 Å². The van der Waals surface area contributed by atoms with Crippen LogP contribution in [0.15, 0.2) is 29.4 Å². The standard InChI is InChI=1S/C14H19N3O3/c1-9-7-17(8-10(2)20-9)14(18)12-5-3-4-11(6-12)13(15)16-19/h3-6,9-10,19H,7-8H2,1-2H3,(H2,15,16). The lowest BCUT2D eigenvalue weighted by molar-refractivity contribution is -0.0586. The minimum atomic E-state index is -0.0698. The molecule has 1 fully saturated rings. The zero-order valence-corrected chi connectivity index (χ0v) is 11.6. The molecular formula is C14H19N3O3. The zero-order valence-electron chi connectivity index (χ0n) is 11.6. The average molecular weight is 277 g/mol. The van der Waals surface area contributed by atoms with Crippen molar-refractivity contribution in [3.8, 4) is 0 Å². The molecule has 6 nitrogen and oxygen atoms in total. The largest absolute Gasteiger partial charge is 0.409 e. The number of carbonyl (C=O) groups excluding carboxylic acids is 1. The second-order valence-corrected chi connectivity index (χ2v) is 5.03. The molecular weight excluding hydrogens is 258 g/mol. The van der Waals surface area contributed by atoms with Gasteiger partial charge in [-0.1, -0.05) is 17.3 Å². The summed E-state index contributed by atoms with van der Waals surface area (Å²) in [5, 5.41) is 11.6. The minimum absolute atomic E-state index is 0.0108. The monoisotopic (exact) mass is 277 g/mol. The molecule has 20 heavy (non-hydrogen) atoms. The van der Waals surface area contributed by atoms with Gasteiger partial charge in [0.1, 0.15) is 0 Å². The third-order valence-corrected chi connectivity index (χ3v) is 3.22. The van der Waals surface area contributed by atoms with Gasteiger partial charge < -0.3 is 20.6 Å². The third-order valence-electron chi connectivity index (χ3n) is 3.22. The predicted molar refractivity (Wildman–Crippen MR) is 74.9 cm³/mol. The van der Waals surface area contributed by atoms with E-state index in [4.69, 9.17) is 15.7 Å². The Morgan fingerprint density at radius 2 is 1.95 bits per heavy atom. The van der Waals surface area contributed by atoms with Crippen molar-refractivity contribution in [3.05, 3.63) is 35.4 Å². The van der Waals surface area contributed by atoms with Gasteiger partial charge in [0.25, 0.3) is 5.91 Å². The number of hydrogen-bond acceptors (Lipinski definition) is 4. The molecule has 1 aromatic rings. The Bertz CT molecular complexity index is 520. The molecule has 2 rings (SSSR count). The summed E-state index contributed by atoms with van der Waals surface area (Å²) in [6.45, 7) is 5.03. The number of nitrogens with two attached hydrogens (primary N) is 1. The van der Waals surface area contributed by atoms with Crippen LogP contribution in [0.25, 0.3) is 0 Å². The Labute approximate surface area is 117 Å². The molecule has 1 saturated heterocycles. The fourth-order valence-corrected chi connectivity index (χ4v) is 2.40. The highest BCUT2D eigenvalue weighted by Gasteiger charge is 2.26. The van der Waals surface area contributed by atoms with Gasteiger partial charge in [-0.2, -0.15) is 0 Å². The summed E-state index contributed by atoms with van der Waals surface area (Å²) in [4.78, 5) is 14.2. The van der Waals surface area contributed by atoms with Crippen molar-refractivity contribution < 1.29 is 14.7 Å². The van der Waals surface area contributed by atoms with Gasteiger partial charge in [-0.05, 0) is 26.0 Å². The molecule has 3 N–H and O–H groups in total. The van der Waals surface area contributed by atoms with E-state index >= 15 is 0 Å². The summed E-state index contributed by atoms with van der Waals surface area (Å²) in [6.07, 6.45) is 0.0462. The molecule has 108 valence electrons. The van der Waals surface area contributed by atoms with E-state index in [-0.39, 0.29) is 24.0 Å². The van der Waals surface area contributed by atoms with Gasteiger partial charge in [-0.15, -0.1) is 0 Å². The number of carbonyl (C=O) groups is 1. The number of ether oxygens (including phenoxy) is 1. The highest BCUT2D eigenvalue weighted by atomic mass is 16.5. The van der Waals surface area contributed by atoms with E-state index in [1.807, 2.05) is 13.8 Å². The van der Waals surface area contributed by atoms with Crippen LogP contribution in [0.5, 0.6) is 0 Å². The number of nitrogens with zero attached hydrogens (tertiary/aromatic N) is 2. The molecule has 1 aromatic carbocycles. The maximum Gasteiger partial charge on any atom is 0.254 e. The maximum absolute atomic E-state index is 12.5. The highest BCUT2D eigenvalue weighted by Crippen LogP contribution is 2.15. The Morgan fingerprint density at radius 1 is 1.35 bits per heavy atom.